The molecule has 4 heterocycles. The number of aryl methyl sites for hydroxylation is 4. The summed E-state index contributed by atoms with van der Waals surface area (Å²) in [5.41, 5.74) is 0.557. The number of rotatable bonds is 2. The minimum absolute atomic E-state index is 0.0182. The Hall–Kier alpha value is -11.1. The number of carbonyl (C=O) groups is 1. The van der Waals surface area contributed by atoms with Gasteiger partial charge in [0.05, 0.1) is 86.1 Å². The molecular weight excluding hydrogens is 1590 g/mol. The summed E-state index contributed by atoms with van der Waals surface area (Å²) in [5, 5.41) is 63.2. The summed E-state index contributed by atoms with van der Waals surface area (Å²) in [6.07, 6.45) is 0. The minimum Gasteiger partial charge on any atom is -0.508 e. The topological polar surface area (TPSA) is 263 Å². The molecule has 0 aliphatic carbocycles. The Labute approximate surface area is 624 Å². The van der Waals surface area contributed by atoms with Crippen molar-refractivity contribution in [3.8, 4) is 41.5 Å². The molecule has 0 amide bonds. The van der Waals surface area contributed by atoms with E-state index in [1.165, 1.54) is 24.3 Å². The molecule has 0 unspecified atom stereocenters. The zero-order valence-corrected chi connectivity index (χ0v) is 59.0. The van der Waals surface area contributed by atoms with Crippen molar-refractivity contribution in [2.45, 2.75) is 41.5 Å². The molecule has 13 rings (SSSR count). The van der Waals surface area contributed by atoms with E-state index in [1.807, 2.05) is 26.0 Å². The highest BCUT2D eigenvalue weighted by atomic mass is 35.5. The van der Waals surface area contributed by atoms with E-state index in [0.717, 1.165) is 31.0 Å². The van der Waals surface area contributed by atoms with Crippen LogP contribution in [0.3, 0.4) is 0 Å². The molecule has 0 saturated carbocycles. The van der Waals surface area contributed by atoms with Crippen molar-refractivity contribution in [2.24, 2.45) is 0 Å². The smallest absolute Gasteiger partial charge is 0.250 e. The molecule has 0 aliphatic rings. The van der Waals surface area contributed by atoms with Crippen LogP contribution in [0.1, 0.15) is 71.7 Å². The van der Waals surface area contributed by atoms with E-state index in [2.05, 4.69) is 4.98 Å². The van der Waals surface area contributed by atoms with E-state index in [0.29, 0.717) is 119 Å². The summed E-state index contributed by atoms with van der Waals surface area (Å²) in [7, 11) is 0. The standard InChI is InChI=1S/C25H9Cl5N6.C14H3F9O.C9H3F3N2.C8H5Cl2N.C7H3F3N2.C7H8O3/c1-8-2-14-15(3-9(8)26)32-21-20(31-14)22-24(35-17-5-11(28)10(27)4-16(17)33-22)25-23(21)34-18-6-12(29)13(30)7-19(18)36-25;1-2-5(15)7(17)3(8(18)6(2)16)14(24)4-9(19)11(21)13(23)12(22)10(4)20;1-4-5(2-13)8(11)9(12)6(3-14)7(4)10;1-5-2-7(9)8(10)3-6(5)4-11;1-3-5(8)4(2-11)6(9)7(10)12-3;1-4-2-6(9)7(10)3-5(4)8/h2-7H,1H3;1H3;1H3;2-3H,1H3;1H3;2-3,8-10H,1H3. The molecule has 0 atom stereocenters. The summed E-state index contributed by atoms with van der Waals surface area (Å²) in [5.74, 6) is -33.3. The zero-order valence-electron chi connectivity index (χ0n) is 53.8. The van der Waals surface area contributed by atoms with E-state index < -0.39 is 127 Å². The van der Waals surface area contributed by atoms with Crippen molar-refractivity contribution in [1.82, 2.24) is 34.9 Å². The number of hydrogen-bond donors (Lipinski definition) is 3. The van der Waals surface area contributed by atoms with Gasteiger partial charge in [0.15, 0.2) is 81.3 Å². The number of carbonyl (C=O) groups excluding carboxylic acids is 1. The number of aromatic hydroxyl groups is 3. The van der Waals surface area contributed by atoms with Gasteiger partial charge in [-0.05, 0) is 113 Å². The number of hydrogen-bond acceptors (Lipinski definition) is 15. The molecule has 544 valence electrons. The van der Waals surface area contributed by atoms with Gasteiger partial charge in [-0.3, -0.25) is 4.79 Å². The lowest BCUT2D eigenvalue weighted by molar-refractivity contribution is 0.101. The van der Waals surface area contributed by atoms with Gasteiger partial charge in [0.1, 0.15) is 85.1 Å². The quantitative estimate of drug-likeness (QED) is 0.0167. The minimum atomic E-state index is -2.65. The summed E-state index contributed by atoms with van der Waals surface area (Å²) in [6, 6.07) is 21.8. The summed E-state index contributed by atoms with van der Waals surface area (Å²) in [6.45, 7) is 8.23. The summed E-state index contributed by atoms with van der Waals surface area (Å²) >= 11 is 42.8. The Morgan fingerprint density at radius 2 is 0.636 bits per heavy atom. The maximum atomic E-state index is 13.7. The number of nitrogens with zero attached hydrogens (tertiary/aromatic N) is 11. The van der Waals surface area contributed by atoms with E-state index in [9.17, 15) is 70.7 Å². The van der Waals surface area contributed by atoms with Crippen LogP contribution in [0.25, 0.3) is 66.2 Å². The molecule has 0 aliphatic heterocycles. The molecule has 13 aromatic rings. The number of phenolic OH excluding ortho intramolecular Hbond substituents is 3. The molecule has 37 heteroatoms. The first-order valence-electron chi connectivity index (χ1n) is 28.8. The fourth-order valence-corrected chi connectivity index (χ4v) is 10.5. The van der Waals surface area contributed by atoms with Gasteiger partial charge in [-0.25, -0.2) is 96.4 Å². The maximum absolute atomic E-state index is 13.7. The van der Waals surface area contributed by atoms with Crippen LogP contribution in [-0.4, -0.2) is 56.0 Å². The first-order chi connectivity index (χ1) is 50.2. The van der Waals surface area contributed by atoms with Crippen LogP contribution in [-0.2, 0) is 0 Å². The van der Waals surface area contributed by atoms with Crippen LogP contribution in [0.15, 0.2) is 60.7 Å². The number of nitriles is 4. The van der Waals surface area contributed by atoms with Gasteiger partial charge in [-0.2, -0.15) is 25.4 Å². The third-order valence-electron chi connectivity index (χ3n) is 15.0. The maximum Gasteiger partial charge on any atom is 0.250 e. The largest absolute Gasteiger partial charge is 0.508 e. The number of pyridine rings is 1. The lowest BCUT2D eigenvalue weighted by Gasteiger charge is -2.11. The second-order valence-electron chi connectivity index (χ2n) is 21.9. The molecule has 0 spiro atoms. The summed E-state index contributed by atoms with van der Waals surface area (Å²) < 4.78 is 197. The van der Waals surface area contributed by atoms with Crippen molar-refractivity contribution in [2.75, 3.05) is 0 Å². The third-order valence-corrected chi connectivity index (χ3v) is 17.5. The first-order valence-corrected chi connectivity index (χ1v) is 31.5. The highest BCUT2D eigenvalue weighted by Gasteiger charge is 2.36. The predicted molar refractivity (Wildman–Crippen MR) is 365 cm³/mol. The highest BCUT2D eigenvalue weighted by molar-refractivity contribution is 6.44. The van der Waals surface area contributed by atoms with E-state index in [-0.39, 0.29) is 28.5 Å². The van der Waals surface area contributed by atoms with Crippen molar-refractivity contribution in [3.05, 3.63) is 250 Å². The zero-order chi connectivity index (χ0) is 79.7. The van der Waals surface area contributed by atoms with E-state index >= 15 is 0 Å². The lowest BCUT2D eigenvalue weighted by atomic mass is 9.98. The molecular formula is C70H31Cl7F15N11O4. The summed E-state index contributed by atoms with van der Waals surface area (Å²) in [4.78, 5) is 44.0. The number of halogens is 22. The van der Waals surface area contributed by atoms with Gasteiger partial charge in [-0.15, -0.1) is 0 Å². The molecule has 4 aromatic heterocycles. The fraction of sp³-hybridized carbons (Fsp3) is 0.0857. The second kappa shape index (κ2) is 32.8. The van der Waals surface area contributed by atoms with Crippen LogP contribution < -0.4 is 0 Å². The van der Waals surface area contributed by atoms with Crippen LogP contribution in [0.2, 0.25) is 35.2 Å². The third kappa shape index (κ3) is 16.2. The van der Waals surface area contributed by atoms with Gasteiger partial charge in [0.25, 0.3) is 5.95 Å². The van der Waals surface area contributed by atoms with Crippen molar-refractivity contribution in [1.29, 1.82) is 21.0 Å². The van der Waals surface area contributed by atoms with Crippen LogP contribution in [0, 0.1) is 174 Å². The molecule has 0 saturated heterocycles. The average Bonchev–Trinajstić information content (AvgIpc) is 0.719. The Balaban J connectivity index is 0.000000176. The average molecular weight is 1620 g/mol. The van der Waals surface area contributed by atoms with Crippen LogP contribution in [0.4, 0.5) is 65.9 Å². The fourth-order valence-electron chi connectivity index (χ4n) is 9.32. The van der Waals surface area contributed by atoms with Gasteiger partial charge in [0, 0.05) is 22.2 Å². The number of ketones is 1. The van der Waals surface area contributed by atoms with Crippen LogP contribution >= 0.6 is 81.2 Å². The molecule has 0 fully saturated rings. The Morgan fingerprint density at radius 1 is 0.308 bits per heavy atom. The number of benzene rings is 9. The SMILES string of the molecule is Cc1c(F)c(C#N)c(F)c(F)c1C#N.Cc1c(F)c(F)c(C(=O)c2c(F)c(F)c(F)c(F)c2F)c(F)c1F.Cc1cc(Cl)c(Cl)cc1C#N.Cc1cc(O)c(O)cc1O.Cc1cc2nc3c(nc2cc1Cl)c1nc2cc(Cl)c(Cl)cc2nc1c1nc2cc(Cl)c(Cl)cc2nc31.Cc1nc(F)c(F)c(C#N)c1F. The molecule has 3 N–H and O–H groups in total. The van der Waals surface area contributed by atoms with Gasteiger partial charge < -0.3 is 15.3 Å². The van der Waals surface area contributed by atoms with Gasteiger partial charge in [-0.1, -0.05) is 81.2 Å². The predicted octanol–water partition coefficient (Wildman–Crippen LogP) is 21.1. The van der Waals surface area contributed by atoms with E-state index in [4.69, 9.17) is 147 Å². The Bertz CT molecular complexity index is 5480. The number of aromatic nitrogens is 7. The second-order valence-corrected chi connectivity index (χ2v) is 24.7. The van der Waals surface area contributed by atoms with Gasteiger partial charge >= 0.3 is 0 Å². The van der Waals surface area contributed by atoms with Crippen molar-refractivity contribution >= 4 is 153 Å². The Kier molecular flexibility index (Phi) is 25.0. The highest BCUT2D eigenvalue weighted by Crippen LogP contribution is 2.39. The molecule has 0 bridgehead atoms. The van der Waals surface area contributed by atoms with Crippen molar-refractivity contribution < 1.29 is 86.0 Å². The van der Waals surface area contributed by atoms with Crippen molar-refractivity contribution in [3.63, 3.8) is 0 Å². The van der Waals surface area contributed by atoms with Gasteiger partial charge in [0.2, 0.25) is 11.6 Å². The number of phenols is 3. The molecule has 9 aromatic carbocycles. The molecule has 15 nitrogen and oxygen atoms in total. The molecule has 107 heavy (non-hydrogen) atoms. The Morgan fingerprint density at radius 3 is 1.02 bits per heavy atom. The van der Waals surface area contributed by atoms with Crippen LogP contribution in [0.5, 0.6) is 17.2 Å². The number of fused-ring (bicyclic) bond motifs is 9. The normalized spacial score (nSPS) is 10.7. The van der Waals surface area contributed by atoms with E-state index in [1.54, 1.807) is 49.4 Å². The molecule has 0 radical (unpaired) electrons. The monoisotopic (exact) mass is 1620 g/mol. The lowest BCUT2D eigenvalue weighted by Crippen LogP contribution is -2.18. The first kappa shape index (κ1) is 81.6.